The monoisotopic (exact) mass is 290 g/mol. The Labute approximate surface area is 90.8 Å². The van der Waals surface area contributed by atoms with E-state index in [0.717, 1.165) is 9.26 Å². The van der Waals surface area contributed by atoms with Gasteiger partial charge in [-0.25, -0.2) is 0 Å². The molecule has 1 rings (SSSR count). The summed E-state index contributed by atoms with van der Waals surface area (Å²) in [5.74, 6) is -0.348. The van der Waals surface area contributed by atoms with Crippen molar-refractivity contribution >= 4 is 34.2 Å². The maximum Gasteiger partial charge on any atom is 0.239 e. The first-order valence-corrected chi connectivity index (χ1v) is 4.99. The Kier molecular flexibility index (Phi) is 3.53. The van der Waals surface area contributed by atoms with E-state index in [1.165, 1.54) is 0 Å². The van der Waals surface area contributed by atoms with Gasteiger partial charge in [0.25, 0.3) is 0 Å². The summed E-state index contributed by atoms with van der Waals surface area (Å²) in [5.41, 5.74) is 6.07. The summed E-state index contributed by atoms with van der Waals surface area (Å²) in [6, 6.07) is 7.41. The maximum absolute atomic E-state index is 10.8. The molecule has 0 saturated heterocycles. The molecule has 0 aliphatic carbocycles. The first-order valence-electron chi connectivity index (χ1n) is 3.91. The number of amides is 1. The lowest BCUT2D eigenvalue weighted by Gasteiger charge is -2.12. The zero-order valence-corrected chi connectivity index (χ0v) is 9.41. The molecule has 0 radical (unpaired) electrons. The highest BCUT2D eigenvalue weighted by molar-refractivity contribution is 14.1. The van der Waals surface area contributed by atoms with Gasteiger partial charge in [0, 0.05) is 9.26 Å². The Morgan fingerprint density at radius 3 is 2.69 bits per heavy atom. The van der Waals surface area contributed by atoms with Gasteiger partial charge in [-0.2, -0.15) is 0 Å². The van der Waals surface area contributed by atoms with Crippen molar-refractivity contribution in [3.63, 3.8) is 0 Å². The second kappa shape index (κ2) is 4.45. The fourth-order valence-corrected chi connectivity index (χ4v) is 1.43. The highest BCUT2D eigenvalue weighted by Crippen LogP contribution is 2.17. The lowest BCUT2D eigenvalue weighted by atomic mass is 10.2. The fourth-order valence-electron chi connectivity index (χ4n) is 0.883. The summed E-state index contributed by atoms with van der Waals surface area (Å²) in [5, 5.41) is 3.03. The molecule has 1 atom stereocenters. The number of hydrogen-bond donors (Lipinski definition) is 2. The van der Waals surface area contributed by atoms with E-state index in [2.05, 4.69) is 27.9 Å². The van der Waals surface area contributed by atoms with Gasteiger partial charge in [0.1, 0.15) is 6.04 Å². The molecule has 0 bridgehead atoms. The van der Waals surface area contributed by atoms with Gasteiger partial charge >= 0.3 is 0 Å². The Morgan fingerprint density at radius 1 is 1.54 bits per heavy atom. The Morgan fingerprint density at radius 2 is 2.15 bits per heavy atom. The molecule has 3 nitrogen and oxygen atoms in total. The van der Waals surface area contributed by atoms with Crippen LogP contribution in [-0.4, -0.2) is 11.9 Å². The van der Waals surface area contributed by atoms with Crippen LogP contribution >= 0.6 is 22.6 Å². The van der Waals surface area contributed by atoms with Crippen molar-refractivity contribution in [1.82, 2.24) is 0 Å². The predicted molar refractivity (Wildman–Crippen MR) is 61.4 cm³/mol. The molecular weight excluding hydrogens is 279 g/mol. The van der Waals surface area contributed by atoms with Crippen LogP contribution in [0.2, 0.25) is 0 Å². The summed E-state index contributed by atoms with van der Waals surface area (Å²) < 4.78 is 1.08. The zero-order chi connectivity index (χ0) is 9.84. The number of halogens is 1. The molecular formula is C9H11IN2O. The smallest absolute Gasteiger partial charge is 0.239 e. The van der Waals surface area contributed by atoms with Gasteiger partial charge < -0.3 is 11.1 Å². The van der Waals surface area contributed by atoms with Crippen molar-refractivity contribution in [2.75, 3.05) is 5.32 Å². The average molecular weight is 290 g/mol. The molecule has 0 heterocycles. The molecule has 0 saturated carbocycles. The SMILES string of the molecule is CC(Nc1ccccc1I)C(N)=O. The minimum Gasteiger partial charge on any atom is -0.373 e. The van der Waals surface area contributed by atoms with Crippen molar-refractivity contribution in [2.24, 2.45) is 5.73 Å². The molecule has 1 aromatic carbocycles. The van der Waals surface area contributed by atoms with Gasteiger partial charge in [-0.1, -0.05) is 12.1 Å². The van der Waals surface area contributed by atoms with E-state index in [0.29, 0.717) is 0 Å². The van der Waals surface area contributed by atoms with E-state index in [1.54, 1.807) is 6.92 Å². The van der Waals surface area contributed by atoms with Gasteiger partial charge in [-0.3, -0.25) is 4.79 Å². The van der Waals surface area contributed by atoms with Gasteiger partial charge in [0.2, 0.25) is 5.91 Å². The number of benzene rings is 1. The second-order valence-corrected chi connectivity index (χ2v) is 3.91. The quantitative estimate of drug-likeness (QED) is 0.830. The third kappa shape index (κ3) is 2.87. The normalized spacial score (nSPS) is 12.2. The van der Waals surface area contributed by atoms with Crippen LogP contribution in [0.25, 0.3) is 0 Å². The second-order valence-electron chi connectivity index (χ2n) is 2.75. The summed E-state index contributed by atoms with van der Waals surface area (Å²) in [6.45, 7) is 1.74. The highest BCUT2D eigenvalue weighted by atomic mass is 127. The number of para-hydroxylation sites is 1. The summed E-state index contributed by atoms with van der Waals surface area (Å²) in [4.78, 5) is 10.8. The van der Waals surface area contributed by atoms with E-state index in [1.807, 2.05) is 24.3 Å². The van der Waals surface area contributed by atoms with Crippen molar-refractivity contribution in [3.05, 3.63) is 27.8 Å². The molecule has 4 heteroatoms. The Balaban J connectivity index is 2.74. The molecule has 0 aliphatic heterocycles. The Hall–Kier alpha value is -0.780. The van der Waals surface area contributed by atoms with Gasteiger partial charge in [-0.05, 0) is 41.6 Å². The third-order valence-electron chi connectivity index (χ3n) is 1.67. The van der Waals surface area contributed by atoms with Crippen LogP contribution in [0.5, 0.6) is 0 Å². The number of primary amides is 1. The molecule has 1 amide bonds. The molecule has 0 spiro atoms. The minimum absolute atomic E-state index is 0.337. The van der Waals surface area contributed by atoms with Crippen LogP contribution in [0.15, 0.2) is 24.3 Å². The van der Waals surface area contributed by atoms with Crippen molar-refractivity contribution in [2.45, 2.75) is 13.0 Å². The van der Waals surface area contributed by atoms with Crippen LogP contribution in [0.1, 0.15) is 6.92 Å². The van der Waals surface area contributed by atoms with Crippen molar-refractivity contribution < 1.29 is 4.79 Å². The van der Waals surface area contributed by atoms with Crippen LogP contribution in [-0.2, 0) is 4.79 Å². The van der Waals surface area contributed by atoms with Gasteiger partial charge in [-0.15, -0.1) is 0 Å². The summed E-state index contributed by atoms with van der Waals surface area (Å²) in [6.07, 6.45) is 0. The third-order valence-corrected chi connectivity index (χ3v) is 2.61. The molecule has 0 aliphatic rings. The number of rotatable bonds is 3. The van der Waals surface area contributed by atoms with Crippen molar-refractivity contribution in [3.8, 4) is 0 Å². The molecule has 1 unspecified atom stereocenters. The lowest BCUT2D eigenvalue weighted by molar-refractivity contribution is -0.118. The van der Waals surface area contributed by atoms with Crippen LogP contribution in [0, 0.1) is 3.57 Å². The van der Waals surface area contributed by atoms with E-state index >= 15 is 0 Å². The number of nitrogens with one attached hydrogen (secondary N) is 1. The fraction of sp³-hybridized carbons (Fsp3) is 0.222. The number of nitrogens with two attached hydrogens (primary N) is 1. The molecule has 70 valence electrons. The van der Waals surface area contributed by atoms with Crippen LogP contribution in [0.3, 0.4) is 0 Å². The molecule has 13 heavy (non-hydrogen) atoms. The Bertz CT molecular complexity index is 314. The topological polar surface area (TPSA) is 55.1 Å². The number of carbonyl (C=O) groups is 1. The number of carbonyl (C=O) groups excluding carboxylic acids is 1. The van der Waals surface area contributed by atoms with Crippen LogP contribution < -0.4 is 11.1 Å². The van der Waals surface area contributed by atoms with Crippen molar-refractivity contribution in [1.29, 1.82) is 0 Å². The van der Waals surface area contributed by atoms with E-state index in [4.69, 9.17) is 5.73 Å². The molecule has 3 N–H and O–H groups in total. The maximum atomic E-state index is 10.8. The average Bonchev–Trinajstić information content (AvgIpc) is 2.08. The lowest BCUT2D eigenvalue weighted by Crippen LogP contribution is -2.32. The highest BCUT2D eigenvalue weighted by Gasteiger charge is 2.08. The largest absolute Gasteiger partial charge is 0.373 e. The predicted octanol–water partition coefficient (Wildman–Crippen LogP) is 1.58. The summed E-state index contributed by atoms with van der Waals surface area (Å²) in [7, 11) is 0. The number of hydrogen-bond acceptors (Lipinski definition) is 2. The molecule has 1 aromatic rings. The van der Waals surface area contributed by atoms with Gasteiger partial charge in [0.15, 0.2) is 0 Å². The first-order chi connectivity index (χ1) is 6.11. The summed E-state index contributed by atoms with van der Waals surface area (Å²) >= 11 is 2.20. The molecule has 0 fully saturated rings. The van der Waals surface area contributed by atoms with E-state index in [9.17, 15) is 4.79 Å². The van der Waals surface area contributed by atoms with Gasteiger partial charge in [0.05, 0.1) is 0 Å². The minimum atomic E-state index is -0.348. The van der Waals surface area contributed by atoms with Crippen LogP contribution in [0.4, 0.5) is 5.69 Å². The van der Waals surface area contributed by atoms with E-state index in [-0.39, 0.29) is 11.9 Å². The molecule has 0 aromatic heterocycles. The first kappa shape index (κ1) is 10.3. The zero-order valence-electron chi connectivity index (χ0n) is 7.25. The van der Waals surface area contributed by atoms with E-state index < -0.39 is 0 Å². The standard InChI is InChI=1S/C9H11IN2O/c1-6(9(11)13)12-8-5-3-2-4-7(8)10/h2-6,12H,1H3,(H2,11,13). The number of anilines is 1.